The van der Waals surface area contributed by atoms with Gasteiger partial charge in [-0.2, -0.15) is 0 Å². The lowest BCUT2D eigenvalue weighted by Gasteiger charge is -2.44. The molecule has 0 bridgehead atoms. The van der Waals surface area contributed by atoms with E-state index in [0.717, 1.165) is 24.6 Å². The van der Waals surface area contributed by atoms with Crippen LogP contribution >= 0.6 is 0 Å². The van der Waals surface area contributed by atoms with Crippen molar-refractivity contribution in [2.45, 2.75) is 44.8 Å². The Morgan fingerprint density at radius 1 is 0.929 bits per heavy atom. The molecule has 0 aliphatic carbocycles. The smallest absolute Gasteiger partial charge is 0.203 e. The lowest BCUT2D eigenvalue weighted by atomic mass is 9.99. The number of piperidine rings is 1. The van der Waals surface area contributed by atoms with Crippen molar-refractivity contribution in [3.63, 3.8) is 0 Å². The van der Waals surface area contributed by atoms with Gasteiger partial charge in [0.1, 0.15) is 0 Å². The molecule has 28 heavy (non-hydrogen) atoms. The Labute approximate surface area is 169 Å². The first kappa shape index (κ1) is 21.2. The van der Waals surface area contributed by atoms with Crippen LogP contribution < -0.4 is 14.2 Å². The van der Waals surface area contributed by atoms with E-state index in [9.17, 15) is 0 Å². The predicted molar refractivity (Wildman–Crippen MR) is 111 cm³/mol. The van der Waals surface area contributed by atoms with E-state index in [2.05, 4.69) is 9.80 Å². The number of ether oxygens (including phenoxy) is 4. The van der Waals surface area contributed by atoms with Crippen LogP contribution in [0.15, 0.2) is 12.1 Å². The third kappa shape index (κ3) is 5.52. The van der Waals surface area contributed by atoms with Crippen molar-refractivity contribution in [1.82, 2.24) is 9.80 Å². The van der Waals surface area contributed by atoms with E-state index in [1.54, 1.807) is 21.3 Å². The van der Waals surface area contributed by atoms with Crippen molar-refractivity contribution < 1.29 is 18.9 Å². The zero-order valence-corrected chi connectivity index (χ0v) is 17.7. The molecule has 0 saturated carbocycles. The first-order chi connectivity index (χ1) is 13.7. The Kier molecular flexibility index (Phi) is 8.25. The molecule has 2 fully saturated rings. The van der Waals surface area contributed by atoms with Crippen LogP contribution in [0.25, 0.3) is 0 Å². The molecule has 2 saturated heterocycles. The highest BCUT2D eigenvalue weighted by molar-refractivity contribution is 5.53. The molecule has 2 aliphatic heterocycles. The highest BCUT2D eigenvalue weighted by Crippen LogP contribution is 2.38. The third-order valence-corrected chi connectivity index (χ3v) is 5.93. The Morgan fingerprint density at radius 2 is 1.71 bits per heavy atom. The average Bonchev–Trinajstić information content (AvgIpc) is 2.75. The summed E-state index contributed by atoms with van der Waals surface area (Å²) in [5.74, 6) is 1.96. The van der Waals surface area contributed by atoms with E-state index in [0.29, 0.717) is 23.9 Å². The van der Waals surface area contributed by atoms with E-state index in [1.807, 2.05) is 12.1 Å². The van der Waals surface area contributed by atoms with Crippen molar-refractivity contribution in [1.29, 1.82) is 0 Å². The van der Waals surface area contributed by atoms with Crippen LogP contribution in [0, 0.1) is 0 Å². The van der Waals surface area contributed by atoms with Gasteiger partial charge in [0.15, 0.2) is 11.5 Å². The second-order valence-electron chi connectivity index (χ2n) is 7.78. The van der Waals surface area contributed by atoms with E-state index in [4.69, 9.17) is 18.9 Å². The summed E-state index contributed by atoms with van der Waals surface area (Å²) in [5, 5.41) is 0. The van der Waals surface area contributed by atoms with E-state index in [1.165, 1.54) is 58.4 Å². The van der Waals surface area contributed by atoms with Gasteiger partial charge in [-0.3, -0.25) is 4.90 Å². The predicted octanol–water partition coefficient (Wildman–Crippen LogP) is 3.18. The molecule has 1 aromatic carbocycles. The molecule has 1 aromatic rings. The van der Waals surface area contributed by atoms with Crippen LogP contribution in [-0.4, -0.2) is 76.5 Å². The first-order valence-corrected chi connectivity index (χ1v) is 10.6. The summed E-state index contributed by atoms with van der Waals surface area (Å²) in [6.07, 6.45) is 6.47. The summed E-state index contributed by atoms with van der Waals surface area (Å²) in [5.41, 5.74) is 1.03. The Balaban J connectivity index is 1.35. The molecule has 3 rings (SSSR count). The standard InChI is InChI=1S/C22H36N2O4/c1-25-20-14-18(15-21(26-2)22(20)27-3)17-28-13-7-6-9-23-11-12-24-10-5-4-8-19(24)16-23/h14-15,19H,4-13,16-17H2,1-3H3. The number of benzene rings is 1. The number of fused-ring (bicyclic) bond motifs is 1. The van der Waals surface area contributed by atoms with Gasteiger partial charge in [-0.25, -0.2) is 0 Å². The van der Waals surface area contributed by atoms with Crippen LogP contribution in [0.5, 0.6) is 17.2 Å². The number of hydrogen-bond donors (Lipinski definition) is 0. The zero-order chi connectivity index (χ0) is 19.8. The molecule has 2 aliphatic rings. The summed E-state index contributed by atoms with van der Waals surface area (Å²) < 4.78 is 22.1. The molecule has 0 aromatic heterocycles. The lowest BCUT2D eigenvalue weighted by Crippen LogP contribution is -2.54. The maximum atomic E-state index is 5.89. The normalized spacial score (nSPS) is 20.6. The zero-order valence-electron chi connectivity index (χ0n) is 17.7. The largest absolute Gasteiger partial charge is 0.493 e. The Bertz CT molecular complexity index is 585. The van der Waals surface area contributed by atoms with Gasteiger partial charge in [-0.1, -0.05) is 6.42 Å². The fourth-order valence-electron chi connectivity index (χ4n) is 4.37. The minimum absolute atomic E-state index is 0.553. The molecule has 6 nitrogen and oxygen atoms in total. The molecule has 0 radical (unpaired) electrons. The van der Waals surface area contributed by atoms with Gasteiger partial charge in [0.05, 0.1) is 27.9 Å². The molecule has 1 unspecified atom stereocenters. The minimum atomic E-state index is 0.553. The number of unbranched alkanes of at least 4 members (excludes halogenated alkanes) is 1. The van der Waals surface area contributed by atoms with E-state index >= 15 is 0 Å². The summed E-state index contributed by atoms with van der Waals surface area (Å²) >= 11 is 0. The SMILES string of the molecule is COc1cc(COCCCCN2CCN3CCCCC3C2)cc(OC)c1OC. The van der Waals surface area contributed by atoms with Crippen LogP contribution in [0.1, 0.15) is 37.7 Å². The van der Waals surface area contributed by atoms with Crippen molar-refractivity contribution in [2.75, 3.05) is 60.7 Å². The van der Waals surface area contributed by atoms with Crippen molar-refractivity contribution in [3.8, 4) is 17.2 Å². The van der Waals surface area contributed by atoms with Gasteiger partial charge >= 0.3 is 0 Å². The number of nitrogens with zero attached hydrogens (tertiary/aromatic N) is 2. The minimum Gasteiger partial charge on any atom is -0.493 e. The average molecular weight is 393 g/mol. The first-order valence-electron chi connectivity index (χ1n) is 10.6. The van der Waals surface area contributed by atoms with Gasteiger partial charge in [0.25, 0.3) is 0 Å². The maximum absolute atomic E-state index is 5.89. The molecule has 0 spiro atoms. The van der Waals surface area contributed by atoms with Gasteiger partial charge in [-0.05, 0) is 56.5 Å². The van der Waals surface area contributed by atoms with Gasteiger partial charge in [0, 0.05) is 32.3 Å². The van der Waals surface area contributed by atoms with Crippen LogP contribution in [-0.2, 0) is 11.3 Å². The second kappa shape index (κ2) is 10.9. The Morgan fingerprint density at radius 3 is 2.43 bits per heavy atom. The number of hydrogen-bond acceptors (Lipinski definition) is 6. The van der Waals surface area contributed by atoms with Crippen molar-refractivity contribution >= 4 is 0 Å². The summed E-state index contributed by atoms with van der Waals surface area (Å²) in [6, 6.07) is 4.70. The van der Waals surface area contributed by atoms with Crippen molar-refractivity contribution in [3.05, 3.63) is 17.7 Å². The van der Waals surface area contributed by atoms with Gasteiger partial charge in [-0.15, -0.1) is 0 Å². The Hall–Kier alpha value is -1.50. The monoisotopic (exact) mass is 392 g/mol. The van der Waals surface area contributed by atoms with Crippen LogP contribution in [0.4, 0.5) is 0 Å². The molecule has 0 N–H and O–H groups in total. The molecule has 2 heterocycles. The quantitative estimate of drug-likeness (QED) is 0.570. The second-order valence-corrected chi connectivity index (χ2v) is 7.78. The summed E-state index contributed by atoms with van der Waals surface area (Å²) in [7, 11) is 4.88. The van der Waals surface area contributed by atoms with E-state index < -0.39 is 0 Å². The highest BCUT2D eigenvalue weighted by atomic mass is 16.5. The summed E-state index contributed by atoms with van der Waals surface area (Å²) in [6.45, 7) is 7.57. The molecule has 1 atom stereocenters. The van der Waals surface area contributed by atoms with Gasteiger partial charge < -0.3 is 23.8 Å². The molecule has 0 amide bonds. The van der Waals surface area contributed by atoms with Gasteiger partial charge in [0.2, 0.25) is 5.75 Å². The summed E-state index contributed by atoms with van der Waals surface area (Å²) in [4.78, 5) is 5.34. The fourth-order valence-corrected chi connectivity index (χ4v) is 4.37. The topological polar surface area (TPSA) is 43.4 Å². The maximum Gasteiger partial charge on any atom is 0.203 e. The molecular formula is C22H36N2O4. The van der Waals surface area contributed by atoms with Crippen molar-refractivity contribution in [2.24, 2.45) is 0 Å². The third-order valence-electron chi connectivity index (χ3n) is 5.93. The fraction of sp³-hybridized carbons (Fsp3) is 0.727. The lowest BCUT2D eigenvalue weighted by molar-refractivity contribution is 0.0464. The highest BCUT2D eigenvalue weighted by Gasteiger charge is 2.28. The van der Waals surface area contributed by atoms with E-state index in [-0.39, 0.29) is 0 Å². The molecule has 6 heteroatoms. The number of rotatable bonds is 10. The molecule has 158 valence electrons. The molecular weight excluding hydrogens is 356 g/mol. The van der Waals surface area contributed by atoms with Crippen LogP contribution in [0.2, 0.25) is 0 Å². The number of piperazine rings is 1. The van der Waals surface area contributed by atoms with Crippen LogP contribution in [0.3, 0.4) is 0 Å². The number of methoxy groups -OCH3 is 3.